The van der Waals surface area contributed by atoms with E-state index in [0.717, 1.165) is 25.6 Å². The fraction of sp³-hybridized carbons (Fsp3) is 0.909. The summed E-state index contributed by atoms with van der Waals surface area (Å²) < 4.78 is 0. The number of amides is 1. The third-order valence-electron chi connectivity index (χ3n) is 3.26. The normalized spacial score (nSPS) is 17.3. The van der Waals surface area contributed by atoms with Gasteiger partial charge in [0, 0.05) is 12.5 Å². The number of nitrogens with two attached hydrogens (primary N) is 1. The molecule has 88 valence electrons. The summed E-state index contributed by atoms with van der Waals surface area (Å²) in [6.07, 6.45) is 6.84. The Morgan fingerprint density at radius 1 is 1.47 bits per heavy atom. The summed E-state index contributed by atoms with van der Waals surface area (Å²) in [5.74, 6) is 4.97. The second-order valence-corrected chi connectivity index (χ2v) is 4.24. The van der Waals surface area contributed by atoms with E-state index < -0.39 is 0 Å². The monoisotopic (exact) mass is 213 g/mol. The van der Waals surface area contributed by atoms with Crippen molar-refractivity contribution in [2.45, 2.75) is 51.5 Å². The van der Waals surface area contributed by atoms with Crippen molar-refractivity contribution in [2.24, 2.45) is 5.84 Å². The SMILES string of the molecule is CCN(CCCC(=O)NN)C1CCCC1. The summed E-state index contributed by atoms with van der Waals surface area (Å²) in [4.78, 5) is 13.4. The predicted molar refractivity (Wildman–Crippen MR) is 61.1 cm³/mol. The average Bonchev–Trinajstić information content (AvgIpc) is 2.77. The highest BCUT2D eigenvalue weighted by molar-refractivity contribution is 5.75. The predicted octanol–water partition coefficient (Wildman–Crippen LogP) is 1.02. The minimum absolute atomic E-state index is 0.0579. The second-order valence-electron chi connectivity index (χ2n) is 4.24. The molecule has 4 heteroatoms. The highest BCUT2D eigenvalue weighted by Gasteiger charge is 2.20. The van der Waals surface area contributed by atoms with Crippen molar-refractivity contribution in [1.82, 2.24) is 10.3 Å². The first-order valence-electron chi connectivity index (χ1n) is 6.01. The van der Waals surface area contributed by atoms with Gasteiger partial charge in [-0.05, 0) is 32.4 Å². The Morgan fingerprint density at radius 2 is 2.13 bits per heavy atom. The van der Waals surface area contributed by atoms with Crippen LogP contribution in [0.5, 0.6) is 0 Å². The zero-order valence-corrected chi connectivity index (χ0v) is 9.67. The molecule has 1 fully saturated rings. The molecule has 0 heterocycles. The van der Waals surface area contributed by atoms with E-state index in [9.17, 15) is 4.79 Å². The minimum atomic E-state index is -0.0579. The molecule has 0 radical (unpaired) electrons. The maximum absolute atomic E-state index is 10.9. The van der Waals surface area contributed by atoms with Crippen LogP contribution < -0.4 is 11.3 Å². The lowest BCUT2D eigenvalue weighted by Gasteiger charge is -2.27. The molecule has 15 heavy (non-hydrogen) atoms. The Bertz CT molecular complexity index is 190. The molecular weight excluding hydrogens is 190 g/mol. The van der Waals surface area contributed by atoms with Gasteiger partial charge in [0.25, 0.3) is 0 Å². The van der Waals surface area contributed by atoms with Gasteiger partial charge in [-0.25, -0.2) is 5.84 Å². The van der Waals surface area contributed by atoms with E-state index >= 15 is 0 Å². The number of nitrogens with one attached hydrogen (secondary N) is 1. The highest BCUT2D eigenvalue weighted by Crippen LogP contribution is 2.23. The van der Waals surface area contributed by atoms with Gasteiger partial charge in [-0.1, -0.05) is 19.8 Å². The molecule has 1 aliphatic rings. The third kappa shape index (κ3) is 4.18. The van der Waals surface area contributed by atoms with Crippen LogP contribution in [0.4, 0.5) is 0 Å². The summed E-state index contributed by atoms with van der Waals surface area (Å²) in [5, 5.41) is 0. The van der Waals surface area contributed by atoms with E-state index in [0.29, 0.717) is 6.42 Å². The van der Waals surface area contributed by atoms with E-state index in [1.54, 1.807) is 0 Å². The lowest BCUT2D eigenvalue weighted by atomic mass is 10.2. The number of hydrogen-bond donors (Lipinski definition) is 2. The van der Waals surface area contributed by atoms with Crippen LogP contribution in [0.15, 0.2) is 0 Å². The Balaban J connectivity index is 2.18. The second kappa shape index (κ2) is 6.80. The van der Waals surface area contributed by atoms with Gasteiger partial charge in [0.05, 0.1) is 0 Å². The van der Waals surface area contributed by atoms with Crippen molar-refractivity contribution in [1.29, 1.82) is 0 Å². The fourth-order valence-corrected chi connectivity index (χ4v) is 2.38. The van der Waals surface area contributed by atoms with Gasteiger partial charge in [-0.15, -0.1) is 0 Å². The summed E-state index contributed by atoms with van der Waals surface area (Å²) in [6, 6.07) is 0.760. The molecule has 3 N–H and O–H groups in total. The molecule has 0 aliphatic heterocycles. The van der Waals surface area contributed by atoms with Crippen LogP contribution in [0.2, 0.25) is 0 Å². The first kappa shape index (κ1) is 12.5. The number of carbonyl (C=O) groups is 1. The summed E-state index contributed by atoms with van der Waals surface area (Å²) in [6.45, 7) is 4.31. The van der Waals surface area contributed by atoms with Gasteiger partial charge < -0.3 is 4.90 Å². The lowest BCUT2D eigenvalue weighted by Crippen LogP contribution is -2.35. The van der Waals surface area contributed by atoms with Crippen LogP contribution in [-0.4, -0.2) is 29.9 Å². The maximum atomic E-state index is 10.9. The maximum Gasteiger partial charge on any atom is 0.233 e. The smallest absolute Gasteiger partial charge is 0.233 e. The topological polar surface area (TPSA) is 58.4 Å². The molecule has 0 spiro atoms. The Morgan fingerprint density at radius 3 is 2.67 bits per heavy atom. The molecule has 0 aromatic heterocycles. The van der Waals surface area contributed by atoms with Crippen LogP contribution in [-0.2, 0) is 4.79 Å². The van der Waals surface area contributed by atoms with Gasteiger partial charge in [-0.3, -0.25) is 10.2 Å². The molecule has 0 bridgehead atoms. The van der Waals surface area contributed by atoms with Crippen molar-refractivity contribution in [3.63, 3.8) is 0 Å². The fourth-order valence-electron chi connectivity index (χ4n) is 2.38. The van der Waals surface area contributed by atoms with E-state index in [4.69, 9.17) is 5.84 Å². The van der Waals surface area contributed by atoms with Crippen molar-refractivity contribution in [2.75, 3.05) is 13.1 Å². The molecule has 1 rings (SSSR count). The number of carbonyl (C=O) groups excluding carboxylic acids is 1. The number of rotatable bonds is 6. The van der Waals surface area contributed by atoms with Crippen LogP contribution in [0.3, 0.4) is 0 Å². The molecule has 0 aromatic carbocycles. The van der Waals surface area contributed by atoms with E-state index in [1.165, 1.54) is 25.7 Å². The lowest BCUT2D eigenvalue weighted by molar-refractivity contribution is -0.121. The van der Waals surface area contributed by atoms with Crippen LogP contribution in [0.25, 0.3) is 0 Å². The highest BCUT2D eigenvalue weighted by atomic mass is 16.2. The molecule has 0 aromatic rings. The van der Waals surface area contributed by atoms with Gasteiger partial charge in [0.1, 0.15) is 0 Å². The summed E-state index contributed by atoms with van der Waals surface area (Å²) in [7, 11) is 0. The first-order chi connectivity index (χ1) is 7.27. The zero-order chi connectivity index (χ0) is 11.1. The molecule has 0 unspecified atom stereocenters. The van der Waals surface area contributed by atoms with Crippen LogP contribution in [0.1, 0.15) is 45.4 Å². The van der Waals surface area contributed by atoms with Crippen molar-refractivity contribution in [3.8, 4) is 0 Å². The number of nitrogens with zero attached hydrogens (tertiary/aromatic N) is 1. The van der Waals surface area contributed by atoms with Crippen molar-refractivity contribution in [3.05, 3.63) is 0 Å². The average molecular weight is 213 g/mol. The van der Waals surface area contributed by atoms with Crippen molar-refractivity contribution < 1.29 is 4.79 Å². The van der Waals surface area contributed by atoms with Crippen LogP contribution in [0, 0.1) is 0 Å². The van der Waals surface area contributed by atoms with Crippen molar-refractivity contribution >= 4 is 5.91 Å². The molecule has 1 amide bonds. The van der Waals surface area contributed by atoms with Gasteiger partial charge in [0.15, 0.2) is 0 Å². The minimum Gasteiger partial charge on any atom is -0.301 e. The molecule has 1 aliphatic carbocycles. The molecule has 4 nitrogen and oxygen atoms in total. The van der Waals surface area contributed by atoms with Crippen LogP contribution >= 0.6 is 0 Å². The van der Waals surface area contributed by atoms with Gasteiger partial charge in [-0.2, -0.15) is 0 Å². The molecule has 1 saturated carbocycles. The third-order valence-corrected chi connectivity index (χ3v) is 3.26. The van der Waals surface area contributed by atoms with E-state index in [-0.39, 0.29) is 5.91 Å². The van der Waals surface area contributed by atoms with Gasteiger partial charge >= 0.3 is 0 Å². The zero-order valence-electron chi connectivity index (χ0n) is 9.67. The van der Waals surface area contributed by atoms with Gasteiger partial charge in [0.2, 0.25) is 5.91 Å². The first-order valence-corrected chi connectivity index (χ1v) is 6.01. The van der Waals surface area contributed by atoms with E-state index in [2.05, 4.69) is 17.2 Å². The molecule has 0 atom stereocenters. The number of hydrazine groups is 1. The molecular formula is C11H23N3O. The summed E-state index contributed by atoms with van der Waals surface area (Å²) >= 11 is 0. The van der Waals surface area contributed by atoms with E-state index in [1.807, 2.05) is 0 Å². The standard InChI is InChI=1S/C11H23N3O/c1-2-14(10-6-3-4-7-10)9-5-8-11(15)13-12/h10H,2-9,12H2,1H3,(H,13,15). The Hall–Kier alpha value is -0.610. The summed E-state index contributed by atoms with van der Waals surface area (Å²) in [5.41, 5.74) is 2.17. The Labute approximate surface area is 92.2 Å². The molecule has 0 saturated heterocycles. The largest absolute Gasteiger partial charge is 0.301 e. The number of hydrogen-bond acceptors (Lipinski definition) is 3. The quantitative estimate of drug-likeness (QED) is 0.393. The Kier molecular flexibility index (Phi) is 5.65.